The van der Waals surface area contributed by atoms with Crippen LogP contribution in [0.15, 0.2) is 35.3 Å². The maximum atomic E-state index is 13.0. The quantitative estimate of drug-likeness (QED) is 0.825. The van der Waals surface area contributed by atoms with Gasteiger partial charge in [-0.15, -0.1) is 0 Å². The summed E-state index contributed by atoms with van der Waals surface area (Å²) in [6, 6.07) is 5.79. The maximum absolute atomic E-state index is 13.0. The van der Waals surface area contributed by atoms with Gasteiger partial charge < -0.3 is 9.67 Å². The van der Waals surface area contributed by atoms with Crippen LogP contribution < -0.4 is 5.43 Å². The Hall–Kier alpha value is -3.00. The molecule has 1 N–H and O–H groups in total. The van der Waals surface area contributed by atoms with Crippen LogP contribution in [0.2, 0.25) is 0 Å². The van der Waals surface area contributed by atoms with Crippen molar-refractivity contribution in [2.75, 3.05) is 13.1 Å². The van der Waals surface area contributed by atoms with E-state index in [1.165, 1.54) is 27.9 Å². The lowest BCUT2D eigenvalue weighted by Crippen LogP contribution is -2.48. The van der Waals surface area contributed by atoms with E-state index in [1.54, 1.807) is 12.1 Å². The third-order valence-electron chi connectivity index (χ3n) is 4.99. The van der Waals surface area contributed by atoms with Crippen LogP contribution in [-0.4, -0.2) is 44.5 Å². The van der Waals surface area contributed by atoms with Gasteiger partial charge >= 0.3 is 0 Å². The van der Waals surface area contributed by atoms with Crippen LogP contribution in [0.4, 0.5) is 4.39 Å². The Labute approximate surface area is 154 Å². The van der Waals surface area contributed by atoms with Gasteiger partial charge in [-0.2, -0.15) is 5.01 Å². The van der Waals surface area contributed by atoms with Crippen molar-refractivity contribution in [3.05, 3.63) is 63.3 Å². The molecular weight excluding hydrogens is 353 g/mol. The number of nitrogens with zero attached hydrogens (tertiary/aromatic N) is 3. The first-order valence-corrected chi connectivity index (χ1v) is 8.76. The Balaban J connectivity index is 1.61. The lowest BCUT2D eigenvalue weighted by Gasteiger charge is -2.35. The molecule has 0 aliphatic carbocycles. The second-order valence-electron chi connectivity index (χ2n) is 6.74. The summed E-state index contributed by atoms with van der Waals surface area (Å²) in [5.41, 5.74) is -0.270. The number of ketones is 1. The van der Waals surface area contributed by atoms with E-state index in [9.17, 15) is 23.9 Å². The number of halogens is 1. The number of pyridine rings is 1. The predicted molar refractivity (Wildman–Crippen MR) is 93.8 cm³/mol. The Morgan fingerprint density at radius 3 is 2.63 bits per heavy atom. The summed E-state index contributed by atoms with van der Waals surface area (Å²) >= 11 is 0. The molecule has 140 valence electrons. The zero-order chi connectivity index (χ0) is 19.1. The molecule has 1 aromatic carbocycles. The molecule has 1 amide bonds. The van der Waals surface area contributed by atoms with E-state index in [2.05, 4.69) is 0 Å². The standard InChI is InChI=1S/C19H18FN3O4/c20-13-5-2-12(3-6-13)4-7-15(24)14-10-21-11-22-8-1-9-23(22)19(27)16(21)18(26)17(14)25/h2-3,5-6,10,26H,1,4,7-9,11H2. The summed E-state index contributed by atoms with van der Waals surface area (Å²) in [5.74, 6) is -1.90. The molecular formula is C19H18FN3O4. The van der Waals surface area contributed by atoms with Crippen LogP contribution >= 0.6 is 0 Å². The highest BCUT2D eigenvalue weighted by molar-refractivity contribution is 5.99. The molecule has 0 radical (unpaired) electrons. The van der Waals surface area contributed by atoms with Gasteiger partial charge in [-0.05, 0) is 30.5 Å². The summed E-state index contributed by atoms with van der Waals surface area (Å²) in [4.78, 5) is 37.5. The largest absolute Gasteiger partial charge is 0.503 e. The van der Waals surface area contributed by atoms with Gasteiger partial charge in [0.05, 0.1) is 12.2 Å². The van der Waals surface area contributed by atoms with Crippen LogP contribution in [0.1, 0.15) is 39.3 Å². The van der Waals surface area contributed by atoms with E-state index in [-0.39, 0.29) is 23.5 Å². The van der Waals surface area contributed by atoms with E-state index < -0.39 is 22.9 Å². The Morgan fingerprint density at radius 2 is 1.89 bits per heavy atom. The first-order chi connectivity index (χ1) is 13.0. The number of Topliss-reactive ketones (excluding diaryl/α,β-unsaturated/α-hetero) is 1. The second-order valence-corrected chi connectivity index (χ2v) is 6.74. The van der Waals surface area contributed by atoms with E-state index in [1.807, 2.05) is 5.01 Å². The third-order valence-corrected chi connectivity index (χ3v) is 4.99. The molecule has 7 nitrogen and oxygen atoms in total. The molecule has 1 aromatic heterocycles. The highest BCUT2D eigenvalue weighted by Gasteiger charge is 2.37. The zero-order valence-electron chi connectivity index (χ0n) is 14.5. The van der Waals surface area contributed by atoms with E-state index in [4.69, 9.17) is 0 Å². The molecule has 3 heterocycles. The van der Waals surface area contributed by atoms with Crippen molar-refractivity contribution in [1.29, 1.82) is 0 Å². The molecule has 1 fully saturated rings. The molecule has 4 rings (SSSR count). The molecule has 1 saturated heterocycles. The van der Waals surface area contributed by atoms with Crippen molar-refractivity contribution in [2.24, 2.45) is 0 Å². The Morgan fingerprint density at radius 1 is 1.15 bits per heavy atom. The maximum Gasteiger partial charge on any atom is 0.288 e. The van der Waals surface area contributed by atoms with Crippen LogP contribution in [-0.2, 0) is 13.1 Å². The van der Waals surface area contributed by atoms with E-state index >= 15 is 0 Å². The fourth-order valence-corrected chi connectivity index (χ4v) is 3.57. The van der Waals surface area contributed by atoms with Crippen LogP contribution in [0.25, 0.3) is 0 Å². The van der Waals surface area contributed by atoms with E-state index in [0.29, 0.717) is 26.2 Å². The number of hydrazine groups is 1. The topological polar surface area (TPSA) is 82.8 Å². The van der Waals surface area contributed by atoms with Crippen molar-refractivity contribution < 1.29 is 19.1 Å². The second kappa shape index (κ2) is 6.62. The number of benzene rings is 1. The summed E-state index contributed by atoms with van der Waals surface area (Å²) in [5, 5.41) is 13.6. The summed E-state index contributed by atoms with van der Waals surface area (Å²) < 4.78 is 14.4. The fourth-order valence-electron chi connectivity index (χ4n) is 3.57. The molecule has 2 aliphatic rings. The number of amides is 1. The minimum absolute atomic E-state index is 0.0451. The molecule has 8 heteroatoms. The highest BCUT2D eigenvalue weighted by atomic mass is 19.1. The molecule has 0 atom stereocenters. The minimum Gasteiger partial charge on any atom is -0.503 e. The van der Waals surface area contributed by atoms with Gasteiger partial charge in [0.25, 0.3) is 5.91 Å². The van der Waals surface area contributed by atoms with Crippen LogP contribution in [0.5, 0.6) is 5.75 Å². The van der Waals surface area contributed by atoms with Crippen molar-refractivity contribution in [2.45, 2.75) is 25.9 Å². The van der Waals surface area contributed by atoms with Crippen molar-refractivity contribution >= 4 is 11.7 Å². The molecule has 0 spiro atoms. The van der Waals surface area contributed by atoms with Gasteiger partial charge in [-0.3, -0.25) is 19.4 Å². The van der Waals surface area contributed by atoms with Crippen molar-refractivity contribution in [1.82, 2.24) is 14.6 Å². The van der Waals surface area contributed by atoms with Crippen LogP contribution in [0, 0.1) is 5.82 Å². The predicted octanol–water partition coefficient (Wildman–Crippen LogP) is 1.54. The van der Waals surface area contributed by atoms with Gasteiger partial charge in [0.2, 0.25) is 5.43 Å². The van der Waals surface area contributed by atoms with Gasteiger partial charge in [0.15, 0.2) is 17.2 Å². The first kappa shape index (κ1) is 17.4. The monoisotopic (exact) mass is 371 g/mol. The SMILES string of the molecule is O=C(CCc1ccc(F)cc1)c1cn2c(c(O)c1=O)C(=O)N1CCCN1C2. The first-order valence-electron chi connectivity index (χ1n) is 8.76. The average molecular weight is 371 g/mol. The number of aromatic hydroxyl groups is 1. The number of carbonyl (C=O) groups is 2. The number of aryl methyl sites for hydroxylation is 1. The minimum atomic E-state index is -0.827. The Bertz CT molecular complexity index is 984. The molecule has 0 saturated carbocycles. The third kappa shape index (κ3) is 3.02. The van der Waals surface area contributed by atoms with Gasteiger partial charge in [0, 0.05) is 25.7 Å². The van der Waals surface area contributed by atoms with Crippen molar-refractivity contribution in [3.63, 3.8) is 0 Å². The lowest BCUT2D eigenvalue weighted by molar-refractivity contribution is -0.0102. The number of fused-ring (bicyclic) bond motifs is 2. The Kier molecular flexibility index (Phi) is 4.27. The molecule has 2 aliphatic heterocycles. The normalized spacial score (nSPS) is 16.3. The number of carbonyl (C=O) groups excluding carboxylic acids is 2. The number of rotatable bonds is 4. The average Bonchev–Trinajstić information content (AvgIpc) is 3.12. The highest BCUT2D eigenvalue weighted by Crippen LogP contribution is 2.26. The number of hydrogen-bond acceptors (Lipinski definition) is 5. The van der Waals surface area contributed by atoms with E-state index in [0.717, 1.165) is 12.0 Å². The summed E-state index contributed by atoms with van der Waals surface area (Å²) in [6.45, 7) is 1.55. The summed E-state index contributed by atoms with van der Waals surface area (Å²) in [7, 11) is 0. The van der Waals surface area contributed by atoms with Crippen LogP contribution in [0.3, 0.4) is 0 Å². The smallest absolute Gasteiger partial charge is 0.288 e. The number of hydrogen-bond donors (Lipinski definition) is 1. The molecule has 0 bridgehead atoms. The zero-order valence-corrected chi connectivity index (χ0v) is 14.5. The lowest BCUT2D eigenvalue weighted by atomic mass is 10.0. The van der Waals surface area contributed by atoms with Gasteiger partial charge in [0.1, 0.15) is 5.82 Å². The fraction of sp³-hybridized carbons (Fsp3) is 0.316. The molecule has 0 unspecified atom stereocenters. The number of aromatic nitrogens is 1. The molecule has 2 aromatic rings. The molecule has 27 heavy (non-hydrogen) atoms. The van der Waals surface area contributed by atoms with Gasteiger partial charge in [-0.25, -0.2) is 4.39 Å². The summed E-state index contributed by atoms with van der Waals surface area (Å²) in [6.07, 6.45) is 2.57. The van der Waals surface area contributed by atoms with Crippen molar-refractivity contribution in [3.8, 4) is 5.75 Å². The van der Waals surface area contributed by atoms with Gasteiger partial charge in [-0.1, -0.05) is 12.1 Å².